The Kier molecular flexibility index (Phi) is 5.70. The van der Waals surface area contributed by atoms with Gasteiger partial charge in [0.2, 0.25) is 0 Å². The summed E-state index contributed by atoms with van der Waals surface area (Å²) >= 11 is 6.38. The van der Waals surface area contributed by atoms with Crippen LogP contribution in [0.3, 0.4) is 0 Å². The van der Waals surface area contributed by atoms with Gasteiger partial charge in [0, 0.05) is 5.56 Å². The van der Waals surface area contributed by atoms with E-state index in [1.54, 1.807) is 30.3 Å². The van der Waals surface area contributed by atoms with Crippen molar-refractivity contribution in [1.29, 1.82) is 0 Å². The number of nitrogens with zero attached hydrogens (tertiary/aromatic N) is 1. The van der Waals surface area contributed by atoms with E-state index in [4.69, 9.17) is 17.0 Å². The molecule has 1 saturated heterocycles. The smallest absolute Gasteiger partial charge is 0.285 e. The lowest BCUT2D eigenvalue weighted by molar-refractivity contribution is -0.123. The molecule has 26 heavy (non-hydrogen) atoms. The SMILES string of the molecule is CCOc1cccc(/C=C2\SC(=S)N(NC(=O)c3ccccc3)C2=O)c1. The fraction of sp³-hybridized carbons (Fsp3) is 0.105. The summed E-state index contributed by atoms with van der Waals surface area (Å²) < 4.78 is 5.75. The van der Waals surface area contributed by atoms with Crippen LogP contribution in [0.2, 0.25) is 0 Å². The molecule has 1 aliphatic rings. The Balaban J connectivity index is 1.76. The third kappa shape index (κ3) is 4.12. The highest BCUT2D eigenvalue weighted by atomic mass is 32.2. The molecule has 0 radical (unpaired) electrons. The van der Waals surface area contributed by atoms with Gasteiger partial charge in [-0.2, -0.15) is 5.01 Å². The Bertz CT molecular complexity index is 881. The van der Waals surface area contributed by atoms with Crippen molar-refractivity contribution in [3.8, 4) is 5.75 Å². The monoisotopic (exact) mass is 384 g/mol. The van der Waals surface area contributed by atoms with Crippen LogP contribution >= 0.6 is 24.0 Å². The molecule has 0 spiro atoms. The molecule has 0 saturated carbocycles. The van der Waals surface area contributed by atoms with E-state index < -0.39 is 0 Å². The number of amides is 2. The highest BCUT2D eigenvalue weighted by molar-refractivity contribution is 8.26. The number of thiocarbonyl (C=S) groups is 1. The predicted octanol–water partition coefficient (Wildman–Crippen LogP) is 3.63. The normalized spacial score (nSPS) is 15.4. The molecule has 1 N–H and O–H groups in total. The van der Waals surface area contributed by atoms with Crippen LogP contribution in [0.15, 0.2) is 59.5 Å². The van der Waals surface area contributed by atoms with Gasteiger partial charge in [-0.15, -0.1) is 0 Å². The molecule has 1 heterocycles. The van der Waals surface area contributed by atoms with Gasteiger partial charge in [-0.25, -0.2) is 0 Å². The van der Waals surface area contributed by atoms with E-state index in [-0.39, 0.29) is 16.1 Å². The molecule has 7 heteroatoms. The van der Waals surface area contributed by atoms with Crippen molar-refractivity contribution in [2.45, 2.75) is 6.92 Å². The van der Waals surface area contributed by atoms with E-state index in [1.165, 1.54) is 0 Å². The predicted molar refractivity (Wildman–Crippen MR) is 107 cm³/mol. The van der Waals surface area contributed by atoms with Gasteiger partial charge in [-0.05, 0) is 55.0 Å². The summed E-state index contributed by atoms with van der Waals surface area (Å²) in [5, 5.41) is 1.10. The third-order valence-electron chi connectivity index (χ3n) is 3.51. The fourth-order valence-corrected chi connectivity index (χ4v) is 3.51. The number of nitrogens with one attached hydrogen (secondary N) is 1. The maximum Gasteiger partial charge on any atom is 0.285 e. The minimum absolute atomic E-state index is 0.284. The lowest BCUT2D eigenvalue weighted by Crippen LogP contribution is -2.44. The highest BCUT2D eigenvalue weighted by Gasteiger charge is 2.33. The fourth-order valence-electron chi connectivity index (χ4n) is 2.33. The Morgan fingerprint density at radius 2 is 2.00 bits per heavy atom. The van der Waals surface area contributed by atoms with E-state index in [9.17, 15) is 9.59 Å². The van der Waals surface area contributed by atoms with Crippen molar-refractivity contribution in [2.24, 2.45) is 0 Å². The zero-order valence-electron chi connectivity index (χ0n) is 14.0. The summed E-state index contributed by atoms with van der Waals surface area (Å²) in [7, 11) is 0. The molecule has 2 amide bonds. The molecule has 5 nitrogen and oxygen atoms in total. The minimum atomic E-state index is -0.388. The molecular weight excluding hydrogens is 368 g/mol. The molecule has 1 aliphatic heterocycles. The van der Waals surface area contributed by atoms with Gasteiger partial charge < -0.3 is 4.74 Å². The maximum absolute atomic E-state index is 12.6. The summed E-state index contributed by atoms with van der Waals surface area (Å²) in [6.07, 6.45) is 1.73. The molecule has 2 aromatic carbocycles. The first kappa shape index (κ1) is 18.2. The number of ether oxygens (including phenoxy) is 1. The van der Waals surface area contributed by atoms with Crippen LogP contribution in [-0.4, -0.2) is 27.8 Å². The molecule has 0 aromatic heterocycles. The molecule has 132 valence electrons. The second-order valence-corrected chi connectivity index (χ2v) is 7.01. The van der Waals surface area contributed by atoms with Crippen LogP contribution < -0.4 is 10.2 Å². The van der Waals surface area contributed by atoms with Gasteiger partial charge in [0.05, 0.1) is 11.5 Å². The largest absolute Gasteiger partial charge is 0.494 e. The number of hydrogen-bond acceptors (Lipinski definition) is 5. The first-order chi connectivity index (χ1) is 12.6. The van der Waals surface area contributed by atoms with E-state index in [0.29, 0.717) is 17.1 Å². The van der Waals surface area contributed by atoms with Crippen molar-refractivity contribution in [2.75, 3.05) is 6.61 Å². The van der Waals surface area contributed by atoms with Crippen molar-refractivity contribution < 1.29 is 14.3 Å². The van der Waals surface area contributed by atoms with Gasteiger partial charge >= 0.3 is 0 Å². The van der Waals surface area contributed by atoms with E-state index in [2.05, 4.69) is 5.43 Å². The molecule has 3 rings (SSSR count). The van der Waals surface area contributed by atoms with Crippen LogP contribution in [-0.2, 0) is 4.79 Å². The Hall–Kier alpha value is -2.64. The zero-order valence-corrected chi connectivity index (χ0v) is 15.6. The number of hydrazine groups is 1. The van der Waals surface area contributed by atoms with E-state index in [1.807, 2.05) is 37.3 Å². The Morgan fingerprint density at radius 3 is 2.73 bits per heavy atom. The Labute approximate surface area is 161 Å². The lowest BCUT2D eigenvalue weighted by atomic mass is 10.2. The van der Waals surface area contributed by atoms with Gasteiger partial charge in [-0.3, -0.25) is 15.0 Å². The molecule has 0 aliphatic carbocycles. The average Bonchev–Trinajstić information content (AvgIpc) is 2.90. The van der Waals surface area contributed by atoms with Crippen LogP contribution in [0.1, 0.15) is 22.8 Å². The van der Waals surface area contributed by atoms with Crippen LogP contribution in [0, 0.1) is 0 Å². The molecule has 0 atom stereocenters. The summed E-state index contributed by atoms with van der Waals surface area (Å²) in [6, 6.07) is 16.1. The molecule has 2 aromatic rings. The molecule has 0 unspecified atom stereocenters. The highest BCUT2D eigenvalue weighted by Crippen LogP contribution is 2.32. The second-order valence-electron chi connectivity index (χ2n) is 5.33. The van der Waals surface area contributed by atoms with Gasteiger partial charge in [0.15, 0.2) is 4.32 Å². The van der Waals surface area contributed by atoms with Crippen molar-refractivity contribution in [3.63, 3.8) is 0 Å². The number of thioether (sulfide) groups is 1. The topological polar surface area (TPSA) is 58.6 Å². The van der Waals surface area contributed by atoms with E-state index in [0.717, 1.165) is 28.1 Å². The van der Waals surface area contributed by atoms with Crippen molar-refractivity contribution in [3.05, 3.63) is 70.6 Å². The lowest BCUT2D eigenvalue weighted by Gasteiger charge is -2.15. The van der Waals surface area contributed by atoms with E-state index >= 15 is 0 Å². The van der Waals surface area contributed by atoms with Crippen molar-refractivity contribution >= 4 is 46.2 Å². The summed E-state index contributed by atoms with van der Waals surface area (Å²) in [5.74, 6) is -0.0123. The first-order valence-electron chi connectivity index (χ1n) is 7.95. The molecule has 1 fully saturated rings. The number of rotatable bonds is 5. The van der Waals surface area contributed by atoms with Crippen LogP contribution in [0.5, 0.6) is 5.75 Å². The zero-order chi connectivity index (χ0) is 18.5. The van der Waals surface area contributed by atoms with Crippen LogP contribution in [0.25, 0.3) is 6.08 Å². The first-order valence-corrected chi connectivity index (χ1v) is 9.18. The van der Waals surface area contributed by atoms with Gasteiger partial charge in [0.1, 0.15) is 5.75 Å². The standard InChI is InChI=1S/C19H16N2O3S2/c1-2-24-15-10-6-7-13(11-15)12-16-18(23)21(19(25)26-16)20-17(22)14-8-4-3-5-9-14/h3-12H,2H2,1H3,(H,20,22)/b16-12-. The number of hydrogen-bond donors (Lipinski definition) is 1. The third-order valence-corrected chi connectivity index (χ3v) is 4.81. The number of carbonyl (C=O) groups is 2. The summed E-state index contributed by atoms with van der Waals surface area (Å²) in [4.78, 5) is 25.3. The van der Waals surface area contributed by atoms with Gasteiger partial charge in [0.25, 0.3) is 11.8 Å². The number of carbonyl (C=O) groups excluding carboxylic acids is 2. The Morgan fingerprint density at radius 1 is 1.23 bits per heavy atom. The van der Waals surface area contributed by atoms with Crippen LogP contribution in [0.4, 0.5) is 0 Å². The quantitative estimate of drug-likeness (QED) is 0.630. The molecule has 0 bridgehead atoms. The van der Waals surface area contributed by atoms with Crippen molar-refractivity contribution in [1.82, 2.24) is 10.4 Å². The minimum Gasteiger partial charge on any atom is -0.494 e. The maximum atomic E-state index is 12.6. The second kappa shape index (κ2) is 8.16. The average molecular weight is 384 g/mol. The summed E-state index contributed by atoms with van der Waals surface area (Å²) in [5.41, 5.74) is 3.84. The summed E-state index contributed by atoms with van der Waals surface area (Å²) in [6.45, 7) is 2.48. The molecular formula is C19H16N2O3S2. The van der Waals surface area contributed by atoms with Gasteiger partial charge in [-0.1, -0.05) is 42.1 Å². The number of benzene rings is 2.